The number of benzene rings is 1. The molecule has 2 nitrogen and oxygen atoms in total. The molecule has 0 bridgehead atoms. The summed E-state index contributed by atoms with van der Waals surface area (Å²) in [5, 5.41) is 3.94. The zero-order valence-corrected chi connectivity index (χ0v) is 11.7. The Labute approximate surface area is 107 Å². The van der Waals surface area contributed by atoms with Crippen LogP contribution in [0.25, 0.3) is 0 Å². The lowest BCUT2D eigenvalue weighted by Gasteiger charge is -2.19. The molecule has 0 fully saturated rings. The molecule has 0 aliphatic rings. The highest BCUT2D eigenvalue weighted by atomic mass is 35.5. The normalized spacial score (nSPS) is 10.5. The molecule has 90 valence electrons. The SMILES string of the molecule is CNCc1ccc(N(C)CCSC)cc1Cl. The summed E-state index contributed by atoms with van der Waals surface area (Å²) in [5.41, 5.74) is 2.32. The molecule has 0 unspecified atom stereocenters. The standard InChI is InChI=1S/C12H19ClN2S/c1-14-9-10-4-5-11(8-12(10)13)15(2)6-7-16-3/h4-5,8,14H,6-7,9H2,1-3H3. The first-order valence-corrected chi connectivity index (χ1v) is 7.09. The van der Waals surface area contributed by atoms with E-state index in [1.165, 1.54) is 5.69 Å². The van der Waals surface area contributed by atoms with Gasteiger partial charge in [-0.3, -0.25) is 0 Å². The lowest BCUT2D eigenvalue weighted by Crippen LogP contribution is -2.20. The van der Waals surface area contributed by atoms with Crippen molar-refractivity contribution in [1.29, 1.82) is 0 Å². The number of nitrogens with one attached hydrogen (secondary N) is 1. The third-order valence-electron chi connectivity index (χ3n) is 2.48. The summed E-state index contributed by atoms with van der Waals surface area (Å²) in [7, 11) is 4.02. The topological polar surface area (TPSA) is 15.3 Å². The molecule has 1 N–H and O–H groups in total. The second-order valence-electron chi connectivity index (χ2n) is 3.72. The molecular weight excluding hydrogens is 240 g/mol. The molecule has 0 aliphatic heterocycles. The van der Waals surface area contributed by atoms with Crippen molar-refractivity contribution >= 4 is 29.1 Å². The van der Waals surface area contributed by atoms with Crippen molar-refractivity contribution in [3.8, 4) is 0 Å². The fraction of sp³-hybridized carbons (Fsp3) is 0.500. The van der Waals surface area contributed by atoms with Crippen molar-refractivity contribution in [3.63, 3.8) is 0 Å². The summed E-state index contributed by atoms with van der Waals surface area (Å²) in [6, 6.07) is 6.25. The Morgan fingerprint density at radius 1 is 1.44 bits per heavy atom. The average molecular weight is 259 g/mol. The molecule has 16 heavy (non-hydrogen) atoms. The number of rotatable bonds is 6. The zero-order chi connectivity index (χ0) is 12.0. The Morgan fingerprint density at radius 3 is 2.75 bits per heavy atom. The van der Waals surface area contributed by atoms with Gasteiger partial charge in [-0.25, -0.2) is 0 Å². The van der Waals surface area contributed by atoms with Crippen LogP contribution in [0.1, 0.15) is 5.56 Å². The van der Waals surface area contributed by atoms with Crippen LogP contribution in [-0.4, -0.2) is 32.6 Å². The molecule has 0 amide bonds. The van der Waals surface area contributed by atoms with Crippen LogP contribution in [0, 0.1) is 0 Å². The van der Waals surface area contributed by atoms with E-state index in [4.69, 9.17) is 11.6 Å². The van der Waals surface area contributed by atoms with Crippen LogP contribution >= 0.6 is 23.4 Å². The number of hydrogen-bond acceptors (Lipinski definition) is 3. The van der Waals surface area contributed by atoms with Crippen LogP contribution in [0.4, 0.5) is 5.69 Å². The molecule has 0 spiro atoms. The summed E-state index contributed by atoms with van der Waals surface area (Å²) in [4.78, 5) is 2.23. The quantitative estimate of drug-likeness (QED) is 0.845. The first kappa shape index (κ1) is 13.7. The maximum Gasteiger partial charge on any atom is 0.0471 e. The summed E-state index contributed by atoms with van der Waals surface area (Å²) in [6.45, 7) is 1.86. The average Bonchev–Trinajstić information content (AvgIpc) is 2.29. The van der Waals surface area contributed by atoms with Crippen LogP contribution in [0.5, 0.6) is 0 Å². The second-order valence-corrected chi connectivity index (χ2v) is 5.11. The number of halogens is 1. The van der Waals surface area contributed by atoms with Crippen molar-refractivity contribution in [1.82, 2.24) is 5.32 Å². The molecule has 0 saturated carbocycles. The highest BCUT2D eigenvalue weighted by molar-refractivity contribution is 7.98. The lowest BCUT2D eigenvalue weighted by molar-refractivity contribution is 0.817. The van der Waals surface area contributed by atoms with Gasteiger partial charge in [0.25, 0.3) is 0 Å². The maximum atomic E-state index is 6.21. The van der Waals surface area contributed by atoms with E-state index in [2.05, 4.69) is 35.7 Å². The predicted octanol–water partition coefficient (Wildman–Crippen LogP) is 2.86. The summed E-state index contributed by atoms with van der Waals surface area (Å²) in [5.74, 6) is 1.13. The number of nitrogens with zero attached hydrogens (tertiary/aromatic N) is 1. The van der Waals surface area contributed by atoms with E-state index in [9.17, 15) is 0 Å². The Kier molecular flexibility index (Phi) is 6.03. The molecule has 0 saturated heterocycles. The van der Waals surface area contributed by atoms with Gasteiger partial charge in [-0.05, 0) is 31.0 Å². The summed E-state index contributed by atoms with van der Waals surface area (Å²) in [6.07, 6.45) is 2.12. The maximum absolute atomic E-state index is 6.21. The Balaban J connectivity index is 2.71. The minimum atomic E-state index is 0.813. The molecule has 1 aromatic rings. The smallest absolute Gasteiger partial charge is 0.0471 e. The molecule has 0 radical (unpaired) electrons. The van der Waals surface area contributed by atoms with Crippen LogP contribution in [0.3, 0.4) is 0 Å². The van der Waals surface area contributed by atoms with E-state index >= 15 is 0 Å². The summed E-state index contributed by atoms with van der Waals surface area (Å²) < 4.78 is 0. The third-order valence-corrected chi connectivity index (χ3v) is 3.42. The largest absolute Gasteiger partial charge is 0.374 e. The van der Waals surface area contributed by atoms with Crippen LogP contribution in [0.15, 0.2) is 18.2 Å². The van der Waals surface area contributed by atoms with Crippen molar-refractivity contribution < 1.29 is 0 Å². The van der Waals surface area contributed by atoms with Crippen molar-refractivity contribution in [3.05, 3.63) is 28.8 Å². The molecule has 0 aromatic heterocycles. The van der Waals surface area contributed by atoms with E-state index in [1.54, 1.807) is 0 Å². The minimum absolute atomic E-state index is 0.813. The van der Waals surface area contributed by atoms with E-state index in [0.29, 0.717) is 0 Å². The lowest BCUT2D eigenvalue weighted by atomic mass is 10.2. The molecule has 1 aromatic carbocycles. The third kappa shape index (κ3) is 3.89. The van der Waals surface area contributed by atoms with Crippen LogP contribution in [-0.2, 0) is 6.54 Å². The first-order chi connectivity index (χ1) is 7.69. The second kappa shape index (κ2) is 7.05. The number of hydrogen-bond donors (Lipinski definition) is 1. The van der Waals surface area contributed by atoms with Crippen molar-refractivity contribution in [2.45, 2.75) is 6.54 Å². The van der Waals surface area contributed by atoms with E-state index in [0.717, 1.165) is 29.4 Å². The highest BCUT2D eigenvalue weighted by Gasteiger charge is 2.04. The van der Waals surface area contributed by atoms with Gasteiger partial charge in [0.15, 0.2) is 0 Å². The van der Waals surface area contributed by atoms with Gasteiger partial charge < -0.3 is 10.2 Å². The van der Waals surface area contributed by atoms with Gasteiger partial charge in [0.05, 0.1) is 0 Å². The Hall–Kier alpha value is -0.380. The fourth-order valence-corrected chi connectivity index (χ4v) is 2.16. The molecule has 4 heteroatoms. The first-order valence-electron chi connectivity index (χ1n) is 5.32. The Morgan fingerprint density at radius 2 is 2.19 bits per heavy atom. The van der Waals surface area contributed by atoms with Crippen LogP contribution in [0.2, 0.25) is 5.02 Å². The van der Waals surface area contributed by atoms with Gasteiger partial charge in [0, 0.05) is 36.6 Å². The minimum Gasteiger partial charge on any atom is -0.374 e. The van der Waals surface area contributed by atoms with Gasteiger partial charge in [-0.1, -0.05) is 17.7 Å². The van der Waals surface area contributed by atoms with E-state index < -0.39 is 0 Å². The fourth-order valence-electron chi connectivity index (χ4n) is 1.46. The van der Waals surface area contributed by atoms with Gasteiger partial charge in [-0.2, -0.15) is 11.8 Å². The van der Waals surface area contributed by atoms with E-state index in [-0.39, 0.29) is 0 Å². The van der Waals surface area contributed by atoms with Gasteiger partial charge in [0.1, 0.15) is 0 Å². The number of anilines is 1. The Bertz CT molecular complexity index is 331. The molecule has 0 atom stereocenters. The van der Waals surface area contributed by atoms with Crippen molar-refractivity contribution in [2.75, 3.05) is 37.5 Å². The molecule has 0 aliphatic carbocycles. The van der Waals surface area contributed by atoms with Gasteiger partial charge in [0.2, 0.25) is 0 Å². The zero-order valence-electron chi connectivity index (χ0n) is 10.1. The van der Waals surface area contributed by atoms with Gasteiger partial charge >= 0.3 is 0 Å². The summed E-state index contributed by atoms with van der Waals surface area (Å²) >= 11 is 8.07. The molecule has 1 rings (SSSR count). The molecule has 0 heterocycles. The van der Waals surface area contributed by atoms with Crippen LogP contribution < -0.4 is 10.2 Å². The monoisotopic (exact) mass is 258 g/mol. The molecular formula is C12H19ClN2S. The highest BCUT2D eigenvalue weighted by Crippen LogP contribution is 2.23. The van der Waals surface area contributed by atoms with Crippen molar-refractivity contribution in [2.24, 2.45) is 0 Å². The predicted molar refractivity (Wildman–Crippen MR) is 75.9 cm³/mol. The van der Waals surface area contributed by atoms with Gasteiger partial charge in [-0.15, -0.1) is 0 Å². The van der Waals surface area contributed by atoms with E-state index in [1.807, 2.05) is 24.9 Å². The number of thioether (sulfide) groups is 1.